The number of nitrogens with two attached hydrogens (primary N) is 1. The van der Waals surface area contributed by atoms with Crippen molar-refractivity contribution in [3.8, 4) is 0 Å². The van der Waals surface area contributed by atoms with E-state index in [0.717, 1.165) is 31.0 Å². The molecule has 0 bridgehead atoms. The largest absolute Gasteiger partial charge is 0.379 e. The molecule has 1 fully saturated rings. The van der Waals surface area contributed by atoms with Gasteiger partial charge >= 0.3 is 0 Å². The molecule has 8 heteroatoms. The molecule has 1 aromatic rings. The molecule has 0 radical (unpaired) electrons. The number of ether oxygens (including phenoxy) is 1. The lowest BCUT2D eigenvalue weighted by Gasteiger charge is -2.23. The summed E-state index contributed by atoms with van der Waals surface area (Å²) in [6, 6.07) is 2.64. The first-order valence-electron chi connectivity index (χ1n) is 6.08. The Morgan fingerprint density at radius 2 is 2.15 bits per heavy atom. The van der Waals surface area contributed by atoms with Crippen molar-refractivity contribution < 1.29 is 22.3 Å². The monoisotopic (exact) mass is 302 g/mol. The fourth-order valence-electron chi connectivity index (χ4n) is 1.98. The van der Waals surface area contributed by atoms with Gasteiger partial charge in [0.15, 0.2) is 0 Å². The molecule has 6 nitrogen and oxygen atoms in total. The van der Waals surface area contributed by atoms with Crippen LogP contribution in [0.2, 0.25) is 0 Å². The van der Waals surface area contributed by atoms with Gasteiger partial charge in [-0.25, -0.2) is 17.9 Å². The number of sulfonamides is 1. The van der Waals surface area contributed by atoms with E-state index in [-0.39, 0.29) is 11.6 Å². The standard InChI is InChI=1S/C12H15FN2O4S/c13-9-4-8(5-11(6-9)20(14,17)18)12(16)15-10-2-1-3-19-7-10/h4-6,10H,1-3,7H2,(H,15,16)(H2,14,17,18). The number of nitrogens with one attached hydrogen (secondary N) is 1. The molecule has 0 saturated carbocycles. The van der Waals surface area contributed by atoms with E-state index in [0.29, 0.717) is 13.2 Å². The summed E-state index contributed by atoms with van der Waals surface area (Å²) in [6.45, 7) is 1.05. The summed E-state index contributed by atoms with van der Waals surface area (Å²) in [6.07, 6.45) is 1.60. The second-order valence-electron chi connectivity index (χ2n) is 4.61. The third-order valence-electron chi connectivity index (χ3n) is 2.96. The molecule has 1 aliphatic heterocycles. The van der Waals surface area contributed by atoms with E-state index in [9.17, 15) is 17.6 Å². The molecule has 110 valence electrons. The highest BCUT2D eigenvalue weighted by atomic mass is 32.2. The first kappa shape index (κ1) is 14.9. The number of halogens is 1. The Kier molecular flexibility index (Phi) is 4.36. The minimum atomic E-state index is -4.06. The predicted octanol–water partition coefficient (Wildman–Crippen LogP) is 0.382. The van der Waals surface area contributed by atoms with Gasteiger partial charge in [-0.15, -0.1) is 0 Å². The molecule has 0 aromatic heterocycles. The number of carbonyl (C=O) groups is 1. The van der Waals surface area contributed by atoms with Crippen molar-refractivity contribution in [3.05, 3.63) is 29.6 Å². The zero-order chi connectivity index (χ0) is 14.8. The number of hydrogen-bond acceptors (Lipinski definition) is 4. The van der Waals surface area contributed by atoms with Crippen LogP contribution >= 0.6 is 0 Å². The summed E-state index contributed by atoms with van der Waals surface area (Å²) in [5, 5.41) is 7.61. The number of rotatable bonds is 3. The van der Waals surface area contributed by atoms with Crippen molar-refractivity contribution in [3.63, 3.8) is 0 Å². The molecule has 1 atom stereocenters. The molecule has 1 amide bonds. The average molecular weight is 302 g/mol. The molecule has 0 aliphatic carbocycles. The highest BCUT2D eigenvalue weighted by Crippen LogP contribution is 2.14. The highest BCUT2D eigenvalue weighted by molar-refractivity contribution is 7.89. The summed E-state index contributed by atoms with van der Waals surface area (Å²) >= 11 is 0. The lowest BCUT2D eigenvalue weighted by Crippen LogP contribution is -2.40. The van der Waals surface area contributed by atoms with Crippen LogP contribution < -0.4 is 10.5 Å². The van der Waals surface area contributed by atoms with Crippen LogP contribution in [-0.2, 0) is 14.8 Å². The van der Waals surface area contributed by atoms with Crippen LogP contribution in [0.4, 0.5) is 4.39 Å². The fraction of sp³-hybridized carbons (Fsp3) is 0.417. The molecule has 2 rings (SSSR count). The summed E-state index contributed by atoms with van der Waals surface area (Å²) < 4.78 is 41.0. The van der Waals surface area contributed by atoms with Crippen molar-refractivity contribution in [2.45, 2.75) is 23.8 Å². The molecular formula is C12H15FN2O4S. The van der Waals surface area contributed by atoms with E-state index in [1.54, 1.807) is 0 Å². The molecule has 1 unspecified atom stereocenters. The Morgan fingerprint density at radius 1 is 1.40 bits per heavy atom. The van der Waals surface area contributed by atoms with Crippen LogP contribution in [0.1, 0.15) is 23.2 Å². The van der Waals surface area contributed by atoms with E-state index in [2.05, 4.69) is 5.32 Å². The maximum absolute atomic E-state index is 13.4. The van der Waals surface area contributed by atoms with Crippen LogP contribution in [0.5, 0.6) is 0 Å². The molecule has 1 saturated heterocycles. The second-order valence-corrected chi connectivity index (χ2v) is 6.17. The number of carbonyl (C=O) groups excluding carboxylic acids is 1. The smallest absolute Gasteiger partial charge is 0.251 e. The van der Waals surface area contributed by atoms with Gasteiger partial charge in [-0.2, -0.15) is 0 Å². The van der Waals surface area contributed by atoms with Crippen molar-refractivity contribution in [2.75, 3.05) is 13.2 Å². The van der Waals surface area contributed by atoms with Crippen molar-refractivity contribution in [1.82, 2.24) is 5.32 Å². The van der Waals surface area contributed by atoms with Crippen molar-refractivity contribution in [2.24, 2.45) is 5.14 Å². The summed E-state index contributed by atoms with van der Waals surface area (Å²) in [7, 11) is -4.06. The average Bonchev–Trinajstić information content (AvgIpc) is 2.38. The second kappa shape index (κ2) is 5.86. The molecule has 3 N–H and O–H groups in total. The molecule has 0 spiro atoms. The Bertz CT molecular complexity index is 612. The Balaban J connectivity index is 2.19. The van der Waals surface area contributed by atoms with Crippen LogP contribution in [0.3, 0.4) is 0 Å². The van der Waals surface area contributed by atoms with E-state index in [1.165, 1.54) is 0 Å². The number of hydrogen-bond donors (Lipinski definition) is 2. The fourth-order valence-corrected chi connectivity index (χ4v) is 2.55. The third kappa shape index (κ3) is 3.75. The van der Waals surface area contributed by atoms with Crippen molar-refractivity contribution >= 4 is 15.9 Å². The van der Waals surface area contributed by atoms with Gasteiger partial charge in [0, 0.05) is 12.2 Å². The minimum absolute atomic E-state index is 0.0837. The maximum Gasteiger partial charge on any atom is 0.251 e. The van der Waals surface area contributed by atoms with Crippen LogP contribution in [0.25, 0.3) is 0 Å². The van der Waals surface area contributed by atoms with E-state index in [4.69, 9.17) is 9.88 Å². The maximum atomic E-state index is 13.4. The van der Waals surface area contributed by atoms with Gasteiger partial charge in [-0.1, -0.05) is 0 Å². The Labute approximate surface area is 116 Å². The molecule has 1 aromatic carbocycles. The number of primary sulfonamides is 1. The summed E-state index contributed by atoms with van der Waals surface area (Å²) in [4.78, 5) is 11.5. The molecule has 1 heterocycles. The van der Waals surface area contributed by atoms with Gasteiger partial charge < -0.3 is 10.1 Å². The van der Waals surface area contributed by atoms with Gasteiger partial charge in [0.2, 0.25) is 10.0 Å². The molecule has 20 heavy (non-hydrogen) atoms. The van der Waals surface area contributed by atoms with Gasteiger partial charge in [0.25, 0.3) is 5.91 Å². The number of amides is 1. The first-order chi connectivity index (χ1) is 9.36. The van der Waals surface area contributed by atoms with Gasteiger partial charge in [0.1, 0.15) is 5.82 Å². The zero-order valence-electron chi connectivity index (χ0n) is 10.6. The third-order valence-corrected chi connectivity index (χ3v) is 3.85. The predicted molar refractivity (Wildman–Crippen MR) is 69.1 cm³/mol. The quantitative estimate of drug-likeness (QED) is 0.843. The van der Waals surface area contributed by atoms with Crippen LogP contribution in [0.15, 0.2) is 23.1 Å². The van der Waals surface area contributed by atoms with Gasteiger partial charge in [-0.05, 0) is 31.0 Å². The van der Waals surface area contributed by atoms with Gasteiger partial charge in [0.05, 0.1) is 17.5 Å². The van der Waals surface area contributed by atoms with Gasteiger partial charge in [-0.3, -0.25) is 4.79 Å². The highest BCUT2D eigenvalue weighted by Gasteiger charge is 2.19. The molecule has 1 aliphatic rings. The van der Waals surface area contributed by atoms with Crippen LogP contribution in [0, 0.1) is 5.82 Å². The first-order valence-corrected chi connectivity index (χ1v) is 7.63. The Morgan fingerprint density at radius 3 is 2.75 bits per heavy atom. The minimum Gasteiger partial charge on any atom is -0.379 e. The van der Waals surface area contributed by atoms with E-state index >= 15 is 0 Å². The zero-order valence-corrected chi connectivity index (χ0v) is 11.5. The van der Waals surface area contributed by atoms with Crippen LogP contribution in [-0.4, -0.2) is 33.6 Å². The SMILES string of the molecule is NS(=O)(=O)c1cc(F)cc(C(=O)NC2CCCOC2)c1. The lowest BCUT2D eigenvalue weighted by atomic mass is 10.1. The molecular weight excluding hydrogens is 287 g/mol. The number of benzene rings is 1. The summed E-state index contributed by atoms with van der Waals surface area (Å²) in [5.74, 6) is -1.38. The Hall–Kier alpha value is -1.51. The van der Waals surface area contributed by atoms with Crippen molar-refractivity contribution in [1.29, 1.82) is 0 Å². The normalized spacial score (nSPS) is 19.6. The summed E-state index contributed by atoms with van der Waals surface area (Å²) in [5.41, 5.74) is -0.0837. The van der Waals surface area contributed by atoms with E-state index < -0.39 is 26.6 Å². The lowest BCUT2D eigenvalue weighted by molar-refractivity contribution is 0.0624. The topological polar surface area (TPSA) is 98.5 Å². The van der Waals surface area contributed by atoms with E-state index in [1.807, 2.05) is 0 Å².